The Morgan fingerprint density at radius 3 is 2.52 bits per heavy atom. The first-order valence-corrected chi connectivity index (χ1v) is 9.85. The zero-order valence-electron chi connectivity index (χ0n) is 14.3. The molecule has 0 saturated carbocycles. The molecule has 8 heteroatoms. The van der Waals surface area contributed by atoms with Crippen LogP contribution in [0.4, 0.5) is 5.69 Å². The molecule has 0 N–H and O–H groups in total. The van der Waals surface area contributed by atoms with Crippen LogP contribution in [0.25, 0.3) is 10.2 Å². The Balaban J connectivity index is 1.74. The van der Waals surface area contributed by atoms with Gasteiger partial charge in [0.2, 0.25) is 11.8 Å². The first kappa shape index (κ1) is 17.8. The van der Waals surface area contributed by atoms with E-state index < -0.39 is 5.91 Å². The number of para-hydroxylation sites is 1. The maximum absolute atomic E-state index is 12.7. The van der Waals surface area contributed by atoms with E-state index in [0.29, 0.717) is 16.1 Å². The lowest BCUT2D eigenvalue weighted by Gasteiger charge is -2.14. The van der Waals surface area contributed by atoms with Crippen LogP contribution in [0.3, 0.4) is 0 Å². The average molecular weight is 444 g/mol. The third-order valence-electron chi connectivity index (χ3n) is 4.37. The van der Waals surface area contributed by atoms with E-state index in [9.17, 15) is 14.4 Å². The number of halogens is 1. The number of hydrogen-bond donors (Lipinski definition) is 0. The highest BCUT2D eigenvalue weighted by Crippen LogP contribution is 2.26. The number of hydrogen-bond acceptors (Lipinski definition) is 4. The molecule has 0 spiro atoms. The van der Waals surface area contributed by atoms with E-state index in [1.807, 2.05) is 29.8 Å². The van der Waals surface area contributed by atoms with Crippen LogP contribution in [0.5, 0.6) is 0 Å². The molecule has 1 aromatic heterocycles. The Labute approximate surface area is 166 Å². The molecular formula is C19H14BrN3O3S. The lowest BCUT2D eigenvalue weighted by atomic mass is 10.2. The van der Waals surface area contributed by atoms with E-state index in [1.165, 1.54) is 17.4 Å². The highest BCUT2D eigenvalue weighted by atomic mass is 79.9. The van der Waals surface area contributed by atoms with Crippen molar-refractivity contribution in [2.75, 3.05) is 4.90 Å². The summed E-state index contributed by atoms with van der Waals surface area (Å²) < 4.78 is 3.81. The Hall–Kier alpha value is -2.58. The average Bonchev–Trinajstić information content (AvgIpc) is 3.15. The predicted octanol–water partition coefficient (Wildman–Crippen LogP) is 3.40. The van der Waals surface area contributed by atoms with Gasteiger partial charge < -0.3 is 4.57 Å². The van der Waals surface area contributed by atoms with Crippen molar-refractivity contribution < 1.29 is 14.4 Å². The van der Waals surface area contributed by atoms with Crippen LogP contribution in [0.15, 0.2) is 51.9 Å². The van der Waals surface area contributed by atoms with Crippen LogP contribution in [0.2, 0.25) is 0 Å². The van der Waals surface area contributed by atoms with Gasteiger partial charge in [-0.25, -0.2) is 0 Å². The zero-order chi connectivity index (χ0) is 19.1. The zero-order valence-corrected chi connectivity index (χ0v) is 16.7. The van der Waals surface area contributed by atoms with Crippen LogP contribution in [0.1, 0.15) is 23.2 Å². The molecule has 0 bridgehead atoms. The molecule has 0 atom stereocenters. The third-order valence-corrected chi connectivity index (χ3v) is 6.11. The minimum absolute atomic E-state index is 0.202. The van der Waals surface area contributed by atoms with Gasteiger partial charge in [-0.2, -0.15) is 4.99 Å². The monoisotopic (exact) mass is 443 g/mol. The molecule has 2 aromatic carbocycles. The molecule has 0 aliphatic carbocycles. The predicted molar refractivity (Wildman–Crippen MR) is 107 cm³/mol. The summed E-state index contributed by atoms with van der Waals surface area (Å²) in [7, 11) is 1.85. The number of amides is 3. The molecule has 136 valence electrons. The summed E-state index contributed by atoms with van der Waals surface area (Å²) >= 11 is 4.94. The number of imide groups is 1. The van der Waals surface area contributed by atoms with Crippen LogP contribution >= 0.6 is 27.3 Å². The topological polar surface area (TPSA) is 71.7 Å². The number of anilines is 1. The lowest BCUT2D eigenvalue weighted by molar-refractivity contribution is -0.121. The number of fused-ring (bicyclic) bond motifs is 1. The maximum Gasteiger partial charge on any atom is 0.279 e. The Morgan fingerprint density at radius 1 is 1.11 bits per heavy atom. The largest absolute Gasteiger partial charge is 0.318 e. The number of carbonyl (C=O) groups excluding carboxylic acids is 3. The summed E-state index contributed by atoms with van der Waals surface area (Å²) in [6.45, 7) is 0. The molecule has 1 aliphatic heterocycles. The lowest BCUT2D eigenvalue weighted by Crippen LogP contribution is -2.28. The Morgan fingerprint density at radius 2 is 1.81 bits per heavy atom. The van der Waals surface area contributed by atoms with Crippen molar-refractivity contribution in [1.82, 2.24) is 4.57 Å². The van der Waals surface area contributed by atoms with E-state index in [-0.39, 0.29) is 24.7 Å². The van der Waals surface area contributed by atoms with Crippen molar-refractivity contribution in [2.45, 2.75) is 12.8 Å². The quantitative estimate of drug-likeness (QED) is 0.569. The van der Waals surface area contributed by atoms with Crippen molar-refractivity contribution in [3.05, 3.63) is 57.3 Å². The van der Waals surface area contributed by atoms with E-state index in [2.05, 4.69) is 20.9 Å². The minimum atomic E-state index is -0.422. The number of benzene rings is 2. The highest BCUT2D eigenvalue weighted by Gasteiger charge is 2.30. The third kappa shape index (κ3) is 3.15. The molecule has 6 nitrogen and oxygen atoms in total. The number of aromatic nitrogens is 1. The maximum atomic E-state index is 12.7. The van der Waals surface area contributed by atoms with Gasteiger partial charge in [0.15, 0.2) is 4.80 Å². The van der Waals surface area contributed by atoms with E-state index in [0.717, 1.165) is 19.6 Å². The SMILES string of the molecule is Cn1c(=NC(=O)c2cccc(N3C(=O)CCC3=O)c2)sc2cccc(Br)c21. The summed E-state index contributed by atoms with van der Waals surface area (Å²) in [5.74, 6) is -0.918. The molecule has 4 rings (SSSR count). The number of thiazole rings is 1. The minimum Gasteiger partial charge on any atom is -0.318 e. The molecule has 0 radical (unpaired) electrons. The summed E-state index contributed by atoms with van der Waals surface area (Å²) in [6.07, 6.45) is 0.405. The number of carbonyl (C=O) groups is 3. The summed E-state index contributed by atoms with van der Waals surface area (Å²) in [5.41, 5.74) is 1.71. The van der Waals surface area contributed by atoms with Gasteiger partial charge in [-0.3, -0.25) is 19.3 Å². The molecule has 1 aliphatic rings. The van der Waals surface area contributed by atoms with Gasteiger partial charge in [0.05, 0.1) is 15.9 Å². The van der Waals surface area contributed by atoms with Gasteiger partial charge in [-0.1, -0.05) is 23.5 Å². The van der Waals surface area contributed by atoms with Crippen molar-refractivity contribution >= 4 is 60.9 Å². The second-order valence-corrected chi connectivity index (χ2v) is 7.98. The van der Waals surface area contributed by atoms with Gasteiger partial charge in [-0.15, -0.1) is 0 Å². The van der Waals surface area contributed by atoms with Crippen LogP contribution in [-0.2, 0) is 16.6 Å². The molecular weight excluding hydrogens is 430 g/mol. The normalized spacial score (nSPS) is 15.2. The molecule has 27 heavy (non-hydrogen) atoms. The standard InChI is InChI=1S/C19H14BrN3O3S/c1-22-17-13(20)6-3-7-14(17)27-19(22)21-18(26)11-4-2-5-12(10-11)23-15(24)8-9-16(23)25/h2-7,10H,8-9H2,1H3. The first-order chi connectivity index (χ1) is 13.0. The molecule has 2 heterocycles. The van der Waals surface area contributed by atoms with Crippen molar-refractivity contribution in [3.63, 3.8) is 0 Å². The fraction of sp³-hybridized carbons (Fsp3) is 0.158. The van der Waals surface area contributed by atoms with Gasteiger partial charge in [0.25, 0.3) is 5.91 Å². The Bertz CT molecular complexity index is 1160. The molecule has 3 aromatic rings. The number of rotatable bonds is 2. The first-order valence-electron chi connectivity index (χ1n) is 8.24. The van der Waals surface area contributed by atoms with E-state index in [1.54, 1.807) is 18.2 Å². The summed E-state index contributed by atoms with van der Waals surface area (Å²) in [4.78, 5) is 42.5. The van der Waals surface area contributed by atoms with Crippen molar-refractivity contribution in [2.24, 2.45) is 12.0 Å². The second-order valence-electron chi connectivity index (χ2n) is 6.12. The van der Waals surface area contributed by atoms with Crippen LogP contribution in [0, 0.1) is 0 Å². The molecule has 0 unspecified atom stereocenters. The van der Waals surface area contributed by atoms with E-state index in [4.69, 9.17) is 0 Å². The smallest absolute Gasteiger partial charge is 0.279 e. The fourth-order valence-electron chi connectivity index (χ4n) is 3.06. The fourth-order valence-corrected chi connectivity index (χ4v) is 4.86. The molecule has 1 fully saturated rings. The molecule has 1 saturated heterocycles. The summed E-state index contributed by atoms with van der Waals surface area (Å²) in [5, 5.41) is 0. The van der Waals surface area contributed by atoms with E-state index >= 15 is 0 Å². The number of aryl methyl sites for hydroxylation is 1. The second kappa shape index (κ2) is 6.86. The van der Waals surface area contributed by atoms with Gasteiger partial charge in [0.1, 0.15) is 0 Å². The highest BCUT2D eigenvalue weighted by molar-refractivity contribution is 9.10. The van der Waals surface area contributed by atoms with Crippen molar-refractivity contribution in [3.8, 4) is 0 Å². The van der Waals surface area contributed by atoms with Gasteiger partial charge >= 0.3 is 0 Å². The summed E-state index contributed by atoms with van der Waals surface area (Å²) in [6, 6.07) is 12.3. The Kier molecular flexibility index (Phi) is 4.53. The van der Waals surface area contributed by atoms with Crippen LogP contribution < -0.4 is 9.70 Å². The van der Waals surface area contributed by atoms with Gasteiger partial charge in [0, 0.05) is 29.9 Å². The van der Waals surface area contributed by atoms with Crippen molar-refractivity contribution in [1.29, 1.82) is 0 Å². The molecule has 3 amide bonds. The number of nitrogens with zero attached hydrogens (tertiary/aromatic N) is 3. The van der Waals surface area contributed by atoms with Crippen LogP contribution in [-0.4, -0.2) is 22.3 Å². The van der Waals surface area contributed by atoms with Gasteiger partial charge in [-0.05, 0) is 46.3 Å².